The Morgan fingerprint density at radius 1 is 1.50 bits per heavy atom. The van der Waals surface area contributed by atoms with Crippen LogP contribution in [0.1, 0.15) is 46.5 Å². The van der Waals surface area contributed by atoms with Crippen LogP contribution in [0.15, 0.2) is 12.2 Å². The zero-order valence-corrected chi connectivity index (χ0v) is 9.97. The van der Waals surface area contributed by atoms with E-state index in [2.05, 4.69) is 32.7 Å². The molecule has 0 bridgehead atoms. The van der Waals surface area contributed by atoms with Crippen molar-refractivity contribution in [3.8, 4) is 0 Å². The van der Waals surface area contributed by atoms with Crippen LogP contribution in [0.5, 0.6) is 0 Å². The fourth-order valence-corrected chi connectivity index (χ4v) is 2.75. The second kappa shape index (κ2) is 5.55. The molecule has 0 aromatic rings. The van der Waals surface area contributed by atoms with Gasteiger partial charge >= 0.3 is 0 Å². The van der Waals surface area contributed by atoms with Crippen molar-refractivity contribution < 1.29 is 0 Å². The molecule has 82 valence electrons. The molecule has 1 aliphatic rings. The van der Waals surface area contributed by atoms with E-state index in [0.29, 0.717) is 6.04 Å². The highest BCUT2D eigenvalue weighted by Gasteiger charge is 2.26. The lowest BCUT2D eigenvalue weighted by Crippen LogP contribution is -2.38. The summed E-state index contributed by atoms with van der Waals surface area (Å²) < 4.78 is 0. The van der Waals surface area contributed by atoms with Gasteiger partial charge in [0, 0.05) is 6.04 Å². The first-order valence-corrected chi connectivity index (χ1v) is 6.04. The summed E-state index contributed by atoms with van der Waals surface area (Å²) in [5, 5.41) is 3.57. The smallest absolute Gasteiger partial charge is 0.0302 e. The molecule has 1 fully saturated rings. The van der Waals surface area contributed by atoms with Gasteiger partial charge < -0.3 is 5.32 Å². The van der Waals surface area contributed by atoms with Gasteiger partial charge in [0.1, 0.15) is 0 Å². The van der Waals surface area contributed by atoms with Crippen LogP contribution in [0.3, 0.4) is 0 Å². The summed E-state index contributed by atoms with van der Waals surface area (Å²) in [6, 6.07) is 0.558. The standard InChI is InChI=1S/C13H25N/c1-5-14-13(10(2)3)12-8-6-7-11(4)9-12/h11-14H,2,5-9H2,1,3-4H3. The average molecular weight is 195 g/mol. The molecule has 0 aliphatic heterocycles. The van der Waals surface area contributed by atoms with Crippen molar-refractivity contribution in [2.24, 2.45) is 11.8 Å². The van der Waals surface area contributed by atoms with Gasteiger partial charge in [-0.25, -0.2) is 0 Å². The summed E-state index contributed by atoms with van der Waals surface area (Å²) in [6.45, 7) is 11.9. The summed E-state index contributed by atoms with van der Waals surface area (Å²) in [5.41, 5.74) is 1.31. The normalized spacial score (nSPS) is 29.9. The van der Waals surface area contributed by atoms with E-state index >= 15 is 0 Å². The Hall–Kier alpha value is -0.300. The number of hydrogen-bond donors (Lipinski definition) is 1. The van der Waals surface area contributed by atoms with Gasteiger partial charge in [-0.05, 0) is 38.1 Å². The number of likely N-dealkylation sites (N-methyl/N-ethyl adjacent to an activating group) is 1. The Labute approximate surface area is 89.0 Å². The van der Waals surface area contributed by atoms with E-state index in [0.717, 1.165) is 18.4 Å². The Balaban J connectivity index is 2.53. The number of rotatable bonds is 4. The van der Waals surface area contributed by atoms with Crippen molar-refractivity contribution in [3.63, 3.8) is 0 Å². The summed E-state index contributed by atoms with van der Waals surface area (Å²) in [6.07, 6.45) is 5.59. The zero-order chi connectivity index (χ0) is 10.6. The fraction of sp³-hybridized carbons (Fsp3) is 0.846. The summed E-state index contributed by atoms with van der Waals surface area (Å²) in [7, 11) is 0. The summed E-state index contributed by atoms with van der Waals surface area (Å²) in [4.78, 5) is 0. The van der Waals surface area contributed by atoms with Crippen LogP contribution in [0.25, 0.3) is 0 Å². The second-order valence-electron chi connectivity index (χ2n) is 4.91. The third-order valence-corrected chi connectivity index (χ3v) is 3.40. The molecule has 0 amide bonds. The van der Waals surface area contributed by atoms with E-state index < -0.39 is 0 Å². The van der Waals surface area contributed by atoms with Crippen LogP contribution in [0, 0.1) is 11.8 Å². The van der Waals surface area contributed by atoms with Gasteiger partial charge in [-0.1, -0.05) is 38.8 Å². The molecule has 1 saturated carbocycles. The largest absolute Gasteiger partial charge is 0.310 e. The van der Waals surface area contributed by atoms with Gasteiger partial charge in [-0.15, -0.1) is 0 Å². The maximum absolute atomic E-state index is 4.11. The van der Waals surface area contributed by atoms with Gasteiger partial charge in [-0.2, -0.15) is 0 Å². The maximum Gasteiger partial charge on any atom is 0.0302 e. The van der Waals surface area contributed by atoms with Crippen molar-refractivity contribution in [3.05, 3.63) is 12.2 Å². The van der Waals surface area contributed by atoms with Gasteiger partial charge in [0.2, 0.25) is 0 Å². The third-order valence-electron chi connectivity index (χ3n) is 3.40. The second-order valence-corrected chi connectivity index (χ2v) is 4.91. The summed E-state index contributed by atoms with van der Waals surface area (Å²) in [5.74, 6) is 1.74. The quantitative estimate of drug-likeness (QED) is 0.678. The van der Waals surface area contributed by atoms with Crippen molar-refractivity contribution in [2.45, 2.75) is 52.5 Å². The third kappa shape index (κ3) is 3.13. The van der Waals surface area contributed by atoms with Crippen LogP contribution in [0.2, 0.25) is 0 Å². The van der Waals surface area contributed by atoms with Gasteiger partial charge in [0.05, 0.1) is 0 Å². The van der Waals surface area contributed by atoms with Crippen LogP contribution >= 0.6 is 0 Å². The maximum atomic E-state index is 4.11. The zero-order valence-electron chi connectivity index (χ0n) is 9.97. The molecule has 0 heterocycles. The summed E-state index contributed by atoms with van der Waals surface area (Å²) >= 11 is 0. The highest BCUT2D eigenvalue weighted by atomic mass is 14.9. The lowest BCUT2D eigenvalue weighted by molar-refractivity contribution is 0.241. The van der Waals surface area contributed by atoms with Gasteiger partial charge in [-0.3, -0.25) is 0 Å². The molecule has 3 atom stereocenters. The molecule has 1 nitrogen and oxygen atoms in total. The molecule has 1 rings (SSSR count). The first kappa shape index (κ1) is 11.8. The van der Waals surface area contributed by atoms with E-state index in [1.165, 1.54) is 31.3 Å². The Morgan fingerprint density at radius 3 is 2.71 bits per heavy atom. The van der Waals surface area contributed by atoms with Crippen LogP contribution in [-0.2, 0) is 0 Å². The first-order valence-electron chi connectivity index (χ1n) is 6.04. The average Bonchev–Trinajstić information content (AvgIpc) is 2.13. The van der Waals surface area contributed by atoms with Gasteiger partial charge in [0.25, 0.3) is 0 Å². The Bertz CT molecular complexity index is 186. The van der Waals surface area contributed by atoms with Crippen LogP contribution in [-0.4, -0.2) is 12.6 Å². The molecule has 1 aliphatic carbocycles. The highest BCUT2D eigenvalue weighted by Crippen LogP contribution is 2.32. The van der Waals surface area contributed by atoms with Crippen molar-refractivity contribution in [1.29, 1.82) is 0 Å². The topological polar surface area (TPSA) is 12.0 Å². The Morgan fingerprint density at radius 2 is 2.21 bits per heavy atom. The van der Waals surface area contributed by atoms with E-state index in [9.17, 15) is 0 Å². The molecule has 0 aromatic carbocycles. The van der Waals surface area contributed by atoms with Crippen molar-refractivity contribution in [1.82, 2.24) is 5.32 Å². The molecule has 3 unspecified atom stereocenters. The van der Waals surface area contributed by atoms with Crippen molar-refractivity contribution in [2.75, 3.05) is 6.54 Å². The van der Waals surface area contributed by atoms with E-state index in [1.54, 1.807) is 0 Å². The monoisotopic (exact) mass is 195 g/mol. The predicted molar refractivity (Wildman–Crippen MR) is 63.4 cm³/mol. The molecule has 1 N–H and O–H groups in total. The molecule has 0 spiro atoms. The molecular weight excluding hydrogens is 170 g/mol. The SMILES string of the molecule is C=C(C)C(NCC)C1CCCC(C)C1. The predicted octanol–water partition coefficient (Wildman–Crippen LogP) is 3.37. The molecule has 0 saturated heterocycles. The molecule has 1 heteroatoms. The minimum Gasteiger partial charge on any atom is -0.310 e. The van der Waals surface area contributed by atoms with Crippen LogP contribution in [0.4, 0.5) is 0 Å². The minimum absolute atomic E-state index is 0.558. The first-order chi connectivity index (χ1) is 6.65. The van der Waals surface area contributed by atoms with Crippen LogP contribution < -0.4 is 5.32 Å². The Kier molecular flexibility index (Phi) is 4.67. The minimum atomic E-state index is 0.558. The number of nitrogens with one attached hydrogen (secondary N) is 1. The van der Waals surface area contributed by atoms with Gasteiger partial charge in [0.15, 0.2) is 0 Å². The fourth-order valence-electron chi connectivity index (χ4n) is 2.75. The number of hydrogen-bond acceptors (Lipinski definition) is 1. The molecule has 14 heavy (non-hydrogen) atoms. The molecule has 0 radical (unpaired) electrons. The molecule has 0 aromatic heterocycles. The highest BCUT2D eigenvalue weighted by molar-refractivity contribution is 5.05. The molecular formula is C13H25N. The lowest BCUT2D eigenvalue weighted by Gasteiger charge is -2.34. The van der Waals surface area contributed by atoms with E-state index in [4.69, 9.17) is 0 Å². The van der Waals surface area contributed by atoms with E-state index in [-0.39, 0.29) is 0 Å². The van der Waals surface area contributed by atoms with Crippen molar-refractivity contribution >= 4 is 0 Å². The van der Waals surface area contributed by atoms with E-state index in [1.807, 2.05) is 0 Å². The lowest BCUT2D eigenvalue weighted by atomic mass is 9.77.